The molecule has 0 saturated heterocycles. The third-order valence-electron chi connectivity index (χ3n) is 22.9. The van der Waals surface area contributed by atoms with Crippen molar-refractivity contribution in [2.45, 2.75) is 0 Å². The van der Waals surface area contributed by atoms with Crippen LogP contribution in [0.4, 0.5) is 0 Å². The maximum atomic E-state index is 2.54. The van der Waals surface area contributed by atoms with Gasteiger partial charge >= 0.3 is 0 Å². The van der Waals surface area contributed by atoms with E-state index in [0.29, 0.717) is 0 Å². The summed E-state index contributed by atoms with van der Waals surface area (Å²) >= 11 is 0. The number of rotatable bonds is 9. The first-order chi connectivity index (χ1) is 51.6. The summed E-state index contributed by atoms with van der Waals surface area (Å²) in [5.74, 6) is 0. The van der Waals surface area contributed by atoms with E-state index in [-0.39, 0.29) is 0 Å². The van der Waals surface area contributed by atoms with Crippen molar-refractivity contribution in [1.82, 2.24) is 0 Å². The topological polar surface area (TPSA) is 0 Å². The Morgan fingerprint density at radius 3 is 0.760 bits per heavy atom. The van der Waals surface area contributed by atoms with Crippen LogP contribution < -0.4 is 0 Å². The van der Waals surface area contributed by atoms with Crippen molar-refractivity contribution in [1.29, 1.82) is 0 Å². The van der Waals surface area contributed by atoms with Crippen LogP contribution in [0.3, 0.4) is 0 Å². The minimum Gasteiger partial charge on any atom is -0.0622 e. The fourth-order valence-electron chi connectivity index (χ4n) is 18.4. The molecule has 20 aromatic carbocycles. The Balaban J connectivity index is 0.850. The largest absolute Gasteiger partial charge is 0.0622 e. The molecule has 0 amide bonds. The van der Waals surface area contributed by atoms with Crippen LogP contribution in [0, 0.1) is 0 Å². The van der Waals surface area contributed by atoms with Gasteiger partial charge in [-0.1, -0.05) is 340 Å². The molecule has 0 radical (unpaired) electrons. The van der Waals surface area contributed by atoms with Gasteiger partial charge in [-0.05, 0) is 267 Å². The van der Waals surface area contributed by atoms with Crippen molar-refractivity contribution in [3.8, 4) is 145 Å². The zero-order chi connectivity index (χ0) is 68.1. The standard InChI is InChI=1S/C104H62/c1-5-27-67(28-6-1)87-59-91-93(61-89(87)69-31-9-3-10-32-69)99(79-43-21-39-65-35-17-19-41-75(65)79)103-83-47-23-45-81-77(53-55-85(97(81)83)101(103)95(91)73-51-49-63-25-13-15-37-71(63)57-73)78-54-56-86-98-82(78)46-24-48-84(98)104-100(80-44-22-40-66-36-18-20-42-76(66)80)94-62-90(70-33-11-4-12-34-70)88(68-29-7-2-8-30-68)60-92(94)96(102(86)104)74-52-50-64-26-14-16-38-72(64)58-74/h1-62H. The smallest absolute Gasteiger partial charge is 0.000719 e. The minimum atomic E-state index is 1.19. The molecule has 0 aliphatic heterocycles. The molecule has 0 unspecified atom stereocenters. The van der Waals surface area contributed by atoms with Gasteiger partial charge in [-0.2, -0.15) is 0 Å². The van der Waals surface area contributed by atoms with Gasteiger partial charge in [-0.25, -0.2) is 0 Å². The van der Waals surface area contributed by atoms with Crippen molar-refractivity contribution in [3.63, 3.8) is 0 Å². The number of hydrogen-bond acceptors (Lipinski definition) is 0. The SMILES string of the molecule is c1ccc(-c2cc3c(-c4ccc5ccccc5c4)c4c(c(-c5cccc6ccccc56)c3cc2-c2ccccc2)-c2cccc3c(-c5ccc6c7c(cccc57)-c5c-6c(-c6ccc7ccccc7c6)c6cc(-c7ccccc7)c(-c7ccccc7)cc6c5-c5cccc6ccccc56)ccc-4c23)cc1. The lowest BCUT2D eigenvalue weighted by atomic mass is 9.79. The van der Waals surface area contributed by atoms with E-state index >= 15 is 0 Å². The predicted octanol–water partition coefficient (Wildman–Crippen LogP) is 29.2. The molecule has 0 spiro atoms. The van der Waals surface area contributed by atoms with Crippen molar-refractivity contribution in [3.05, 3.63) is 376 Å². The second-order valence-electron chi connectivity index (χ2n) is 28.3. The molecule has 0 bridgehead atoms. The van der Waals surface area contributed by atoms with Crippen LogP contribution in [0.25, 0.3) is 231 Å². The van der Waals surface area contributed by atoms with Gasteiger partial charge in [0.05, 0.1) is 0 Å². The van der Waals surface area contributed by atoms with Gasteiger partial charge in [0.25, 0.3) is 0 Å². The zero-order valence-corrected chi connectivity index (χ0v) is 56.8. The first-order valence-electron chi connectivity index (χ1n) is 36.3. The van der Waals surface area contributed by atoms with Gasteiger partial charge in [0.2, 0.25) is 0 Å². The maximum absolute atomic E-state index is 2.54. The zero-order valence-electron chi connectivity index (χ0n) is 56.8. The Kier molecular flexibility index (Phi) is 12.9. The van der Waals surface area contributed by atoms with Gasteiger partial charge in [-0.15, -0.1) is 0 Å². The highest BCUT2D eigenvalue weighted by Gasteiger charge is 2.36. The fraction of sp³-hybridized carbons (Fsp3) is 0. The molecular weight excluding hydrogens is 1250 g/mol. The molecular formula is C104H62. The highest BCUT2D eigenvalue weighted by Crippen LogP contribution is 2.63. The molecule has 0 aromatic heterocycles. The van der Waals surface area contributed by atoms with Gasteiger partial charge < -0.3 is 0 Å². The van der Waals surface area contributed by atoms with Crippen molar-refractivity contribution in [2.24, 2.45) is 0 Å². The second kappa shape index (κ2) is 23.0. The highest BCUT2D eigenvalue weighted by atomic mass is 14.4. The molecule has 104 heavy (non-hydrogen) atoms. The lowest BCUT2D eigenvalue weighted by Gasteiger charge is -2.24. The molecule has 0 nitrogen and oxygen atoms in total. The predicted molar refractivity (Wildman–Crippen MR) is 444 cm³/mol. The van der Waals surface area contributed by atoms with Crippen molar-refractivity contribution >= 4 is 86.2 Å². The summed E-state index contributed by atoms with van der Waals surface area (Å²) in [6, 6.07) is 142. The molecule has 0 heteroatoms. The number of benzene rings is 20. The van der Waals surface area contributed by atoms with E-state index in [2.05, 4.69) is 376 Å². The minimum absolute atomic E-state index is 1.19. The van der Waals surface area contributed by atoms with E-state index in [1.54, 1.807) is 0 Å². The van der Waals surface area contributed by atoms with E-state index < -0.39 is 0 Å². The normalized spacial score (nSPS) is 12.0. The first kappa shape index (κ1) is 58.3. The molecule has 20 aromatic rings. The fourth-order valence-corrected chi connectivity index (χ4v) is 18.4. The van der Waals surface area contributed by atoms with Gasteiger partial charge in [-0.3, -0.25) is 0 Å². The molecule has 0 N–H and O–H groups in total. The van der Waals surface area contributed by atoms with Crippen LogP contribution in [-0.4, -0.2) is 0 Å². The Bertz CT molecular complexity index is 6600. The quantitative estimate of drug-likeness (QED) is 0.135. The van der Waals surface area contributed by atoms with Crippen molar-refractivity contribution < 1.29 is 0 Å². The summed E-state index contributed by atoms with van der Waals surface area (Å²) in [6.45, 7) is 0. The third-order valence-corrected chi connectivity index (χ3v) is 22.9. The van der Waals surface area contributed by atoms with Gasteiger partial charge in [0.1, 0.15) is 0 Å². The maximum Gasteiger partial charge on any atom is -0.000719 e. The summed E-state index contributed by atoms with van der Waals surface area (Å²) in [7, 11) is 0. The molecule has 478 valence electrons. The molecule has 0 fully saturated rings. The summed E-state index contributed by atoms with van der Waals surface area (Å²) in [4.78, 5) is 0. The molecule has 0 atom stereocenters. The van der Waals surface area contributed by atoms with Crippen LogP contribution >= 0.6 is 0 Å². The van der Waals surface area contributed by atoms with Crippen molar-refractivity contribution in [2.75, 3.05) is 0 Å². The number of hydrogen-bond donors (Lipinski definition) is 0. The average Bonchev–Trinajstić information content (AvgIpc) is 1.50. The Hall–Kier alpha value is -13.5. The molecule has 22 rings (SSSR count). The van der Waals surface area contributed by atoms with E-state index in [4.69, 9.17) is 0 Å². The Morgan fingerprint density at radius 1 is 0.106 bits per heavy atom. The van der Waals surface area contributed by atoms with E-state index in [9.17, 15) is 0 Å². The van der Waals surface area contributed by atoms with Gasteiger partial charge in [0.15, 0.2) is 0 Å². The third kappa shape index (κ3) is 8.73. The molecule has 2 aliphatic rings. The Morgan fingerprint density at radius 2 is 0.375 bits per heavy atom. The highest BCUT2D eigenvalue weighted by molar-refractivity contribution is 6.34. The average molecular weight is 1310 g/mol. The Labute approximate surface area is 603 Å². The molecule has 0 heterocycles. The number of fused-ring (bicyclic) bond motifs is 12. The van der Waals surface area contributed by atoms with Crippen LogP contribution in [0.2, 0.25) is 0 Å². The van der Waals surface area contributed by atoms with Crippen LogP contribution in [-0.2, 0) is 0 Å². The van der Waals surface area contributed by atoms with E-state index in [0.717, 1.165) is 0 Å². The summed E-state index contributed by atoms with van der Waals surface area (Å²) in [6.07, 6.45) is 0. The summed E-state index contributed by atoms with van der Waals surface area (Å²) in [5, 5.41) is 19.7. The van der Waals surface area contributed by atoms with E-state index in [1.165, 1.54) is 231 Å². The van der Waals surface area contributed by atoms with Crippen LogP contribution in [0.15, 0.2) is 376 Å². The lowest BCUT2D eigenvalue weighted by molar-refractivity contribution is 1.59. The molecule has 2 aliphatic carbocycles. The summed E-state index contributed by atoms with van der Waals surface area (Å²) < 4.78 is 0. The summed E-state index contributed by atoms with van der Waals surface area (Å²) in [5.41, 5.74) is 32.0. The van der Waals surface area contributed by atoms with Crippen LogP contribution in [0.5, 0.6) is 0 Å². The molecule has 0 saturated carbocycles. The first-order valence-corrected chi connectivity index (χ1v) is 36.3. The lowest BCUT2D eigenvalue weighted by Crippen LogP contribution is -1.96. The van der Waals surface area contributed by atoms with Gasteiger partial charge in [0, 0.05) is 0 Å². The van der Waals surface area contributed by atoms with Crippen LogP contribution in [0.1, 0.15) is 0 Å². The monoisotopic (exact) mass is 1310 g/mol. The van der Waals surface area contributed by atoms with E-state index in [1.807, 2.05) is 0 Å². The second-order valence-corrected chi connectivity index (χ2v) is 28.3.